The lowest BCUT2D eigenvalue weighted by Crippen LogP contribution is -2.50. The molecule has 2 aliphatic rings. The fourth-order valence-electron chi connectivity index (χ4n) is 3.01. The highest BCUT2D eigenvalue weighted by Gasteiger charge is 2.26. The van der Waals surface area contributed by atoms with Crippen molar-refractivity contribution in [2.24, 2.45) is 5.92 Å². The highest BCUT2D eigenvalue weighted by atomic mass is 16.2. The van der Waals surface area contributed by atoms with Crippen molar-refractivity contribution in [3.63, 3.8) is 0 Å². The van der Waals surface area contributed by atoms with Crippen molar-refractivity contribution in [3.8, 4) is 0 Å². The van der Waals surface area contributed by atoms with Gasteiger partial charge in [0.05, 0.1) is 0 Å². The Labute approximate surface area is 123 Å². The van der Waals surface area contributed by atoms with Gasteiger partial charge in [0.2, 0.25) is 5.91 Å². The second-order valence-electron chi connectivity index (χ2n) is 5.68. The van der Waals surface area contributed by atoms with Crippen LogP contribution in [0.15, 0.2) is 29.3 Å². The summed E-state index contributed by atoms with van der Waals surface area (Å²) in [5.74, 6) is 0.652. The minimum Gasteiger partial charge on any atom is -0.351 e. The van der Waals surface area contributed by atoms with Gasteiger partial charge in [-0.05, 0) is 25.7 Å². The second-order valence-corrected chi connectivity index (χ2v) is 5.68. The lowest BCUT2D eigenvalue weighted by atomic mass is 10.0. The molecule has 0 saturated carbocycles. The van der Waals surface area contributed by atoms with Crippen LogP contribution in [0.4, 0.5) is 5.82 Å². The Morgan fingerprint density at radius 1 is 1.38 bits per heavy atom. The Bertz CT molecular complexity index is 587. The molecule has 2 heterocycles. The Morgan fingerprint density at radius 3 is 2.95 bits per heavy atom. The number of aromatic nitrogens is 2. The van der Waals surface area contributed by atoms with Crippen LogP contribution in [0.25, 0.3) is 0 Å². The van der Waals surface area contributed by atoms with Gasteiger partial charge >= 0.3 is 0 Å². The molecule has 1 aromatic heterocycles. The summed E-state index contributed by atoms with van der Waals surface area (Å²) in [5.41, 5.74) is -0.176. The number of nitrogens with zero attached hydrogens (tertiary/aromatic N) is 2. The maximum absolute atomic E-state index is 12.2. The Balaban J connectivity index is 1.62. The zero-order valence-electron chi connectivity index (χ0n) is 11.9. The average molecular weight is 288 g/mol. The summed E-state index contributed by atoms with van der Waals surface area (Å²) >= 11 is 0. The SMILES string of the molecule is O=C(N[C@@H]1CCCN(c2ncc[nH]c2=O)C1)C1CC=CC1. The smallest absolute Gasteiger partial charge is 0.290 e. The van der Waals surface area contributed by atoms with Crippen LogP contribution in [0.1, 0.15) is 25.7 Å². The summed E-state index contributed by atoms with van der Waals surface area (Å²) < 4.78 is 0. The Hall–Kier alpha value is -2.11. The van der Waals surface area contributed by atoms with E-state index in [0.717, 1.165) is 32.2 Å². The number of hydrogen-bond donors (Lipinski definition) is 2. The molecule has 2 N–H and O–H groups in total. The number of anilines is 1. The number of nitrogens with one attached hydrogen (secondary N) is 2. The molecule has 1 fully saturated rings. The zero-order valence-corrected chi connectivity index (χ0v) is 11.9. The molecule has 6 nitrogen and oxygen atoms in total. The van der Waals surface area contributed by atoms with Crippen LogP contribution in [-0.2, 0) is 4.79 Å². The van der Waals surface area contributed by atoms with Crippen molar-refractivity contribution in [1.82, 2.24) is 15.3 Å². The van der Waals surface area contributed by atoms with Gasteiger partial charge in [-0.25, -0.2) is 4.98 Å². The van der Waals surface area contributed by atoms with Crippen LogP contribution in [-0.4, -0.2) is 35.0 Å². The predicted molar refractivity (Wildman–Crippen MR) is 80.1 cm³/mol. The number of rotatable bonds is 3. The molecule has 0 unspecified atom stereocenters. The quantitative estimate of drug-likeness (QED) is 0.807. The number of allylic oxidation sites excluding steroid dienone is 2. The van der Waals surface area contributed by atoms with E-state index in [2.05, 4.69) is 27.4 Å². The maximum atomic E-state index is 12.2. The fraction of sp³-hybridized carbons (Fsp3) is 0.533. The van der Waals surface area contributed by atoms with Gasteiger partial charge in [0.1, 0.15) is 0 Å². The topological polar surface area (TPSA) is 78.1 Å². The molecule has 1 atom stereocenters. The van der Waals surface area contributed by atoms with E-state index in [4.69, 9.17) is 0 Å². The van der Waals surface area contributed by atoms with E-state index in [9.17, 15) is 9.59 Å². The van der Waals surface area contributed by atoms with E-state index in [0.29, 0.717) is 12.4 Å². The summed E-state index contributed by atoms with van der Waals surface area (Å²) in [5, 5.41) is 3.12. The third-order valence-electron chi connectivity index (χ3n) is 4.13. The molecule has 0 aromatic carbocycles. The van der Waals surface area contributed by atoms with E-state index >= 15 is 0 Å². The first-order valence-corrected chi connectivity index (χ1v) is 7.48. The fourth-order valence-corrected chi connectivity index (χ4v) is 3.01. The third kappa shape index (κ3) is 3.15. The maximum Gasteiger partial charge on any atom is 0.290 e. The van der Waals surface area contributed by atoms with Crippen LogP contribution in [0, 0.1) is 5.92 Å². The largest absolute Gasteiger partial charge is 0.351 e. The van der Waals surface area contributed by atoms with Crippen molar-refractivity contribution < 1.29 is 4.79 Å². The molecular formula is C15H20N4O2. The van der Waals surface area contributed by atoms with E-state index in [1.54, 1.807) is 6.20 Å². The molecular weight excluding hydrogens is 268 g/mol. The molecule has 21 heavy (non-hydrogen) atoms. The number of piperidine rings is 1. The van der Waals surface area contributed by atoms with Gasteiger partial charge in [0.15, 0.2) is 5.82 Å². The molecule has 3 rings (SSSR count). The lowest BCUT2D eigenvalue weighted by molar-refractivity contribution is -0.125. The van der Waals surface area contributed by atoms with Gasteiger partial charge < -0.3 is 15.2 Å². The molecule has 1 amide bonds. The first-order chi connectivity index (χ1) is 10.2. The van der Waals surface area contributed by atoms with Crippen LogP contribution < -0.4 is 15.8 Å². The van der Waals surface area contributed by atoms with Gasteiger partial charge in [0, 0.05) is 37.4 Å². The minimum atomic E-state index is -0.176. The number of amides is 1. The zero-order chi connectivity index (χ0) is 14.7. The summed E-state index contributed by atoms with van der Waals surface area (Å²) in [6, 6.07) is 0.0910. The number of H-pyrrole nitrogens is 1. The molecule has 0 bridgehead atoms. The van der Waals surface area contributed by atoms with Crippen molar-refractivity contribution in [3.05, 3.63) is 34.9 Å². The molecule has 112 valence electrons. The number of aromatic amines is 1. The monoisotopic (exact) mass is 288 g/mol. The van der Waals surface area contributed by atoms with E-state index in [1.807, 2.05) is 4.90 Å². The van der Waals surface area contributed by atoms with Crippen molar-refractivity contribution >= 4 is 11.7 Å². The second kappa shape index (κ2) is 6.11. The third-order valence-corrected chi connectivity index (χ3v) is 4.13. The molecule has 1 aromatic rings. The summed E-state index contributed by atoms with van der Waals surface area (Å²) in [6.07, 6.45) is 10.8. The van der Waals surface area contributed by atoms with Crippen LogP contribution in [0.5, 0.6) is 0 Å². The van der Waals surface area contributed by atoms with Crippen molar-refractivity contribution in [2.45, 2.75) is 31.7 Å². The van der Waals surface area contributed by atoms with Gasteiger partial charge in [-0.2, -0.15) is 0 Å². The van der Waals surface area contributed by atoms with Gasteiger partial charge in [-0.15, -0.1) is 0 Å². The number of carbonyl (C=O) groups excluding carboxylic acids is 1. The number of carbonyl (C=O) groups is 1. The van der Waals surface area contributed by atoms with Crippen molar-refractivity contribution in [1.29, 1.82) is 0 Å². The standard InChI is InChI=1S/C15H20N4O2/c20-14(11-4-1-2-5-11)18-12-6-3-9-19(10-12)13-15(21)17-8-7-16-13/h1-2,7-8,11-12H,3-6,9-10H2,(H,17,21)(H,18,20)/t12-/m1/s1. The summed E-state index contributed by atoms with van der Waals surface area (Å²) in [7, 11) is 0. The summed E-state index contributed by atoms with van der Waals surface area (Å²) in [4.78, 5) is 32.7. The minimum absolute atomic E-state index is 0.0821. The number of hydrogen-bond acceptors (Lipinski definition) is 4. The first kappa shape index (κ1) is 13.9. The average Bonchev–Trinajstić information content (AvgIpc) is 3.02. The Morgan fingerprint density at radius 2 is 2.19 bits per heavy atom. The van der Waals surface area contributed by atoms with Gasteiger partial charge in [-0.3, -0.25) is 9.59 Å². The lowest BCUT2D eigenvalue weighted by Gasteiger charge is -2.33. The summed E-state index contributed by atoms with van der Waals surface area (Å²) in [6.45, 7) is 1.45. The molecule has 1 aliphatic carbocycles. The normalized spacial score (nSPS) is 22.5. The van der Waals surface area contributed by atoms with Crippen molar-refractivity contribution in [2.75, 3.05) is 18.0 Å². The highest BCUT2D eigenvalue weighted by Crippen LogP contribution is 2.19. The van der Waals surface area contributed by atoms with Gasteiger partial charge in [0.25, 0.3) is 5.56 Å². The van der Waals surface area contributed by atoms with Gasteiger partial charge in [-0.1, -0.05) is 12.2 Å². The van der Waals surface area contributed by atoms with E-state index in [1.165, 1.54) is 6.20 Å². The van der Waals surface area contributed by atoms with E-state index < -0.39 is 0 Å². The molecule has 6 heteroatoms. The predicted octanol–water partition coefficient (Wildman–Crippen LogP) is 0.821. The molecule has 1 aliphatic heterocycles. The molecule has 0 spiro atoms. The highest BCUT2D eigenvalue weighted by molar-refractivity contribution is 5.79. The van der Waals surface area contributed by atoms with Crippen LogP contribution in [0.2, 0.25) is 0 Å². The molecule has 1 saturated heterocycles. The Kier molecular flexibility index (Phi) is 4.03. The van der Waals surface area contributed by atoms with E-state index in [-0.39, 0.29) is 23.4 Å². The molecule has 0 radical (unpaired) electrons. The first-order valence-electron chi connectivity index (χ1n) is 7.48. The van der Waals surface area contributed by atoms with Crippen LogP contribution >= 0.6 is 0 Å². The van der Waals surface area contributed by atoms with Crippen LogP contribution in [0.3, 0.4) is 0 Å².